The number of aromatic nitrogens is 3. The molecule has 2 heterocycles. The molecule has 116 valence electrons. The number of rotatable bonds is 4. The molecule has 0 spiro atoms. The summed E-state index contributed by atoms with van der Waals surface area (Å²) in [5.74, 6) is 0.0180. The molecule has 2 aromatic heterocycles. The SMILES string of the molecule is Cc1nnc(SC(C)/C(O)=C(\C#N)c2nc3ccccc3s2)s1. The maximum atomic E-state index is 10.5. The third kappa shape index (κ3) is 3.37. The number of aliphatic hydroxyl groups excluding tert-OH is 1. The number of benzene rings is 1. The summed E-state index contributed by atoms with van der Waals surface area (Å²) in [7, 11) is 0. The molecule has 1 atom stereocenters. The molecule has 3 rings (SSSR count). The van der Waals surface area contributed by atoms with E-state index in [1.165, 1.54) is 34.4 Å². The van der Waals surface area contributed by atoms with Crippen LogP contribution in [0.2, 0.25) is 0 Å². The molecule has 0 saturated carbocycles. The van der Waals surface area contributed by atoms with E-state index in [0.29, 0.717) is 5.01 Å². The van der Waals surface area contributed by atoms with Gasteiger partial charge in [-0.25, -0.2) is 4.98 Å². The van der Waals surface area contributed by atoms with Gasteiger partial charge in [-0.05, 0) is 26.0 Å². The molecule has 0 aliphatic heterocycles. The molecule has 3 aromatic rings. The molecule has 1 unspecified atom stereocenters. The molecule has 5 nitrogen and oxygen atoms in total. The zero-order valence-corrected chi connectivity index (χ0v) is 14.8. The number of fused-ring (bicyclic) bond motifs is 1. The van der Waals surface area contributed by atoms with E-state index in [9.17, 15) is 10.4 Å². The Labute approximate surface area is 145 Å². The molecule has 0 amide bonds. The Morgan fingerprint density at radius 2 is 2.09 bits per heavy atom. The number of hydrogen-bond donors (Lipinski definition) is 1. The quantitative estimate of drug-likeness (QED) is 0.421. The molecular formula is C15H12N4OS3. The monoisotopic (exact) mass is 360 g/mol. The van der Waals surface area contributed by atoms with Crippen LogP contribution in [0.5, 0.6) is 0 Å². The first kappa shape index (κ1) is 15.9. The lowest BCUT2D eigenvalue weighted by Gasteiger charge is -2.09. The molecule has 0 aliphatic rings. The first-order valence-corrected chi connectivity index (χ1v) is 9.25. The summed E-state index contributed by atoms with van der Waals surface area (Å²) < 4.78 is 1.76. The number of aryl methyl sites for hydroxylation is 1. The van der Waals surface area contributed by atoms with Crippen LogP contribution in [0.25, 0.3) is 15.8 Å². The number of aliphatic hydroxyl groups is 1. The number of thioether (sulfide) groups is 1. The average Bonchev–Trinajstić information content (AvgIpc) is 3.13. The van der Waals surface area contributed by atoms with E-state index in [4.69, 9.17) is 0 Å². The van der Waals surface area contributed by atoms with Crippen LogP contribution in [-0.2, 0) is 0 Å². The second-order valence-corrected chi connectivity index (χ2v) is 8.51. The van der Waals surface area contributed by atoms with Crippen molar-refractivity contribution >= 4 is 50.2 Å². The smallest absolute Gasteiger partial charge is 0.174 e. The van der Waals surface area contributed by atoms with Gasteiger partial charge in [-0.1, -0.05) is 35.2 Å². The molecule has 1 N–H and O–H groups in total. The third-order valence-electron chi connectivity index (χ3n) is 3.05. The lowest BCUT2D eigenvalue weighted by molar-refractivity contribution is 0.402. The molecule has 0 radical (unpaired) electrons. The summed E-state index contributed by atoms with van der Waals surface area (Å²) in [6.07, 6.45) is 0. The van der Waals surface area contributed by atoms with E-state index >= 15 is 0 Å². The van der Waals surface area contributed by atoms with Crippen molar-refractivity contribution in [1.82, 2.24) is 15.2 Å². The zero-order valence-electron chi connectivity index (χ0n) is 12.3. The molecule has 0 aliphatic carbocycles. The van der Waals surface area contributed by atoms with Crippen molar-refractivity contribution < 1.29 is 5.11 Å². The number of nitriles is 1. The maximum absolute atomic E-state index is 10.5. The first-order chi connectivity index (χ1) is 11.1. The second-order valence-electron chi connectivity index (χ2n) is 4.71. The van der Waals surface area contributed by atoms with Gasteiger partial charge in [0.15, 0.2) is 4.34 Å². The highest BCUT2D eigenvalue weighted by Crippen LogP contribution is 2.34. The maximum Gasteiger partial charge on any atom is 0.174 e. The Kier molecular flexibility index (Phi) is 4.61. The van der Waals surface area contributed by atoms with Crippen LogP contribution in [0.4, 0.5) is 0 Å². The standard InChI is InChI=1S/C15H12N4OS3/c1-8(21-15-19-18-9(2)22-15)13(20)10(7-16)14-17-11-5-3-4-6-12(11)23-14/h3-6,8,20H,1-2H3/b13-10-. The fourth-order valence-corrected chi connectivity index (χ4v) is 4.92. The highest BCUT2D eigenvalue weighted by molar-refractivity contribution is 8.01. The summed E-state index contributed by atoms with van der Waals surface area (Å²) in [4.78, 5) is 4.44. The van der Waals surface area contributed by atoms with Crippen LogP contribution in [0.1, 0.15) is 16.9 Å². The molecule has 0 fully saturated rings. The van der Waals surface area contributed by atoms with Crippen molar-refractivity contribution in [3.05, 3.63) is 40.0 Å². The van der Waals surface area contributed by atoms with Gasteiger partial charge in [0.05, 0.1) is 15.5 Å². The second kappa shape index (κ2) is 6.66. The topological polar surface area (TPSA) is 82.7 Å². The minimum atomic E-state index is -0.302. The van der Waals surface area contributed by atoms with Crippen LogP contribution in [0.3, 0.4) is 0 Å². The van der Waals surface area contributed by atoms with Gasteiger partial charge in [-0.15, -0.1) is 21.5 Å². The Balaban J connectivity index is 1.93. The fraction of sp³-hybridized carbons (Fsp3) is 0.200. The normalized spacial score (nSPS) is 13.6. The predicted octanol–water partition coefficient (Wildman–Crippen LogP) is 4.43. The molecule has 0 bridgehead atoms. The minimum absolute atomic E-state index is 0.0180. The Bertz CT molecular complexity index is 889. The highest BCUT2D eigenvalue weighted by Gasteiger charge is 2.20. The number of thiazole rings is 1. The van der Waals surface area contributed by atoms with Crippen LogP contribution < -0.4 is 0 Å². The third-order valence-corrected chi connectivity index (χ3v) is 6.13. The number of allylic oxidation sites excluding steroid dienone is 1. The van der Waals surface area contributed by atoms with Gasteiger partial charge in [-0.3, -0.25) is 0 Å². The van der Waals surface area contributed by atoms with E-state index in [1.54, 1.807) is 0 Å². The Morgan fingerprint density at radius 3 is 2.74 bits per heavy atom. The van der Waals surface area contributed by atoms with Crippen molar-refractivity contribution in [2.24, 2.45) is 0 Å². The fourth-order valence-electron chi connectivity index (χ4n) is 1.93. The van der Waals surface area contributed by atoms with Crippen molar-refractivity contribution in [3.8, 4) is 6.07 Å². The lowest BCUT2D eigenvalue weighted by Crippen LogP contribution is -2.03. The molecule has 8 heteroatoms. The Hall–Kier alpha value is -1.95. The van der Waals surface area contributed by atoms with Crippen LogP contribution >= 0.6 is 34.4 Å². The zero-order chi connectivity index (χ0) is 16.4. The Morgan fingerprint density at radius 1 is 1.30 bits per heavy atom. The molecule has 1 aromatic carbocycles. The number of para-hydroxylation sites is 1. The van der Waals surface area contributed by atoms with Crippen LogP contribution in [0.15, 0.2) is 34.4 Å². The average molecular weight is 360 g/mol. The van der Waals surface area contributed by atoms with E-state index in [2.05, 4.69) is 21.3 Å². The van der Waals surface area contributed by atoms with Gasteiger partial charge in [0.1, 0.15) is 27.4 Å². The summed E-state index contributed by atoms with van der Waals surface area (Å²) in [5, 5.41) is 29.0. The molecular weight excluding hydrogens is 348 g/mol. The minimum Gasteiger partial charge on any atom is -0.510 e. The van der Waals surface area contributed by atoms with Gasteiger partial charge in [-0.2, -0.15) is 5.26 Å². The van der Waals surface area contributed by atoms with E-state index in [1.807, 2.05) is 38.1 Å². The van der Waals surface area contributed by atoms with Crippen molar-refractivity contribution in [2.75, 3.05) is 0 Å². The van der Waals surface area contributed by atoms with E-state index < -0.39 is 0 Å². The summed E-state index contributed by atoms with van der Waals surface area (Å²) in [6.45, 7) is 3.71. The van der Waals surface area contributed by atoms with Crippen molar-refractivity contribution in [2.45, 2.75) is 23.4 Å². The largest absolute Gasteiger partial charge is 0.510 e. The van der Waals surface area contributed by atoms with Crippen molar-refractivity contribution in [1.29, 1.82) is 5.26 Å². The summed E-state index contributed by atoms with van der Waals surface area (Å²) in [6, 6.07) is 9.75. The molecule has 0 saturated heterocycles. The van der Waals surface area contributed by atoms with Crippen molar-refractivity contribution in [3.63, 3.8) is 0 Å². The number of nitrogens with zero attached hydrogens (tertiary/aromatic N) is 4. The van der Waals surface area contributed by atoms with E-state index in [-0.39, 0.29) is 16.6 Å². The van der Waals surface area contributed by atoms with Gasteiger partial charge in [0.25, 0.3) is 0 Å². The number of hydrogen-bond acceptors (Lipinski definition) is 8. The lowest BCUT2D eigenvalue weighted by atomic mass is 10.2. The summed E-state index contributed by atoms with van der Waals surface area (Å²) >= 11 is 4.24. The van der Waals surface area contributed by atoms with Crippen LogP contribution in [-0.4, -0.2) is 25.5 Å². The van der Waals surface area contributed by atoms with Gasteiger partial charge in [0.2, 0.25) is 0 Å². The summed E-state index contributed by atoms with van der Waals surface area (Å²) in [5.41, 5.74) is 1.04. The van der Waals surface area contributed by atoms with Gasteiger partial charge in [0, 0.05) is 0 Å². The van der Waals surface area contributed by atoms with E-state index in [0.717, 1.165) is 19.6 Å². The first-order valence-electron chi connectivity index (χ1n) is 6.74. The highest BCUT2D eigenvalue weighted by atomic mass is 32.2. The van der Waals surface area contributed by atoms with Gasteiger partial charge >= 0.3 is 0 Å². The predicted molar refractivity (Wildman–Crippen MR) is 94.7 cm³/mol. The van der Waals surface area contributed by atoms with Crippen LogP contribution in [0, 0.1) is 18.3 Å². The van der Waals surface area contributed by atoms with Gasteiger partial charge < -0.3 is 5.11 Å². The molecule has 23 heavy (non-hydrogen) atoms.